The van der Waals surface area contributed by atoms with Gasteiger partial charge < -0.3 is 13.8 Å². The molecule has 0 radical (unpaired) electrons. The Morgan fingerprint density at radius 2 is 1.09 bits per heavy atom. The molecular formula is C77H73BN2OS. The van der Waals surface area contributed by atoms with Crippen LogP contribution in [-0.4, -0.2) is 11.4 Å². The highest BCUT2D eigenvalue weighted by Crippen LogP contribution is 2.56. The number of aromatic nitrogens is 1. The van der Waals surface area contributed by atoms with Crippen molar-refractivity contribution in [3.05, 3.63) is 220 Å². The Kier molecular flexibility index (Phi) is 10.8. The van der Waals surface area contributed by atoms with Crippen LogP contribution in [0.5, 0.6) is 0 Å². The summed E-state index contributed by atoms with van der Waals surface area (Å²) < 4.78 is 12.8. The summed E-state index contributed by atoms with van der Waals surface area (Å²) in [6, 6.07) is 66.7. The van der Waals surface area contributed by atoms with Crippen LogP contribution in [0.4, 0.5) is 11.4 Å². The molecule has 1 aliphatic carbocycles. The van der Waals surface area contributed by atoms with Gasteiger partial charge in [0.2, 0.25) is 0 Å². The number of nitrogens with zero attached hydrogens (tertiary/aromatic N) is 2. The van der Waals surface area contributed by atoms with Crippen LogP contribution in [0.15, 0.2) is 174 Å². The van der Waals surface area contributed by atoms with Crippen LogP contribution >= 0.6 is 11.3 Å². The normalized spacial score (nSPS) is 14.7. The SMILES string of the molecule is CC(C)(C)c1ccc(C(Cc2ccc3c(c2)C(C)(C)c2cc4c(cc2-3)-c2ccc3c5cc6sc7ccccc7c6cc5n5c3c2B(c2oc3ccc(C(C)(C)C)cc3c2-5)N4c2ccc(C(C)(C)C)cc2)c2ccc(C(C)(C)C)cc2)cc1. The van der Waals surface area contributed by atoms with Crippen LogP contribution in [0.1, 0.15) is 153 Å². The maximum atomic E-state index is 7.52. The zero-order valence-corrected chi connectivity index (χ0v) is 51.1. The zero-order valence-electron chi connectivity index (χ0n) is 50.2. The van der Waals surface area contributed by atoms with E-state index in [1.165, 1.54) is 125 Å². The lowest BCUT2D eigenvalue weighted by Crippen LogP contribution is -2.60. The Morgan fingerprint density at radius 1 is 0.488 bits per heavy atom. The number of rotatable bonds is 5. The molecule has 5 heteroatoms. The average Bonchev–Trinajstić information content (AvgIpc) is 1.52. The van der Waals surface area contributed by atoms with Gasteiger partial charge >= 0.3 is 6.85 Å². The van der Waals surface area contributed by atoms with Gasteiger partial charge in [0.05, 0.1) is 16.7 Å². The molecule has 0 N–H and O–H groups in total. The fraction of sp³-hybridized carbons (Fsp3) is 0.273. The average molecular weight is 1090 g/mol. The molecule has 12 aromatic rings. The van der Waals surface area contributed by atoms with Crippen LogP contribution in [0.3, 0.4) is 0 Å². The van der Waals surface area contributed by atoms with Crippen LogP contribution in [-0.2, 0) is 33.5 Å². The minimum Gasteiger partial charge on any atom is -0.466 e. The highest BCUT2D eigenvalue weighted by atomic mass is 32.1. The van der Waals surface area contributed by atoms with E-state index in [1.807, 2.05) is 11.3 Å². The zero-order chi connectivity index (χ0) is 56.9. The third-order valence-corrected chi connectivity index (χ3v) is 20.4. The van der Waals surface area contributed by atoms with E-state index in [4.69, 9.17) is 4.42 Å². The van der Waals surface area contributed by atoms with E-state index in [1.54, 1.807) is 0 Å². The van der Waals surface area contributed by atoms with E-state index in [2.05, 4.69) is 276 Å². The van der Waals surface area contributed by atoms with Crippen molar-refractivity contribution in [2.45, 2.75) is 136 Å². The van der Waals surface area contributed by atoms with Crippen molar-refractivity contribution in [3.63, 3.8) is 0 Å². The van der Waals surface area contributed by atoms with Crippen molar-refractivity contribution in [1.82, 2.24) is 4.57 Å². The summed E-state index contributed by atoms with van der Waals surface area (Å²) in [7, 11) is 0. The first kappa shape index (κ1) is 51.3. The molecule has 9 aromatic carbocycles. The van der Waals surface area contributed by atoms with Crippen molar-refractivity contribution in [3.8, 4) is 27.9 Å². The van der Waals surface area contributed by atoms with Gasteiger partial charge in [-0.25, -0.2) is 0 Å². The van der Waals surface area contributed by atoms with E-state index in [0.717, 1.165) is 34.4 Å². The lowest BCUT2D eigenvalue weighted by molar-refractivity contribution is 0.589. The number of hydrogen-bond acceptors (Lipinski definition) is 3. The van der Waals surface area contributed by atoms with Gasteiger partial charge in [0.1, 0.15) is 11.2 Å². The number of anilines is 2. The minimum absolute atomic E-state index is 0.00187. The molecule has 0 atom stereocenters. The van der Waals surface area contributed by atoms with E-state index in [9.17, 15) is 0 Å². The second-order valence-electron chi connectivity index (χ2n) is 29.0. The maximum absolute atomic E-state index is 7.52. The molecule has 0 bridgehead atoms. The molecule has 0 unspecified atom stereocenters. The van der Waals surface area contributed by atoms with Crippen molar-refractivity contribution >= 4 is 93.6 Å². The summed E-state index contributed by atoms with van der Waals surface area (Å²) in [5, 5.41) is 6.34. The summed E-state index contributed by atoms with van der Waals surface area (Å²) in [6.07, 6.45) is 0.905. The molecule has 82 heavy (non-hydrogen) atoms. The van der Waals surface area contributed by atoms with Gasteiger partial charge in [0.25, 0.3) is 0 Å². The Bertz CT molecular complexity index is 4590. The topological polar surface area (TPSA) is 21.3 Å². The maximum Gasteiger partial charge on any atom is 0.375 e. The van der Waals surface area contributed by atoms with Gasteiger partial charge in [-0.3, -0.25) is 0 Å². The number of thiophene rings is 1. The Hall–Kier alpha value is -7.60. The van der Waals surface area contributed by atoms with Gasteiger partial charge in [-0.1, -0.05) is 212 Å². The molecule has 15 rings (SSSR count). The lowest BCUT2D eigenvalue weighted by atomic mass is 9.46. The fourth-order valence-corrected chi connectivity index (χ4v) is 15.6. The van der Waals surface area contributed by atoms with Crippen LogP contribution in [0, 0.1) is 0 Å². The molecular weight excluding hydrogens is 1010 g/mol. The quantitative estimate of drug-likeness (QED) is 0.160. The number of hydrogen-bond donors (Lipinski definition) is 0. The summed E-state index contributed by atoms with van der Waals surface area (Å²) >= 11 is 1.90. The second-order valence-corrected chi connectivity index (χ2v) is 30.1. The molecule has 406 valence electrons. The molecule has 0 saturated heterocycles. The standard InChI is InChI=1S/C77H73BN2OS/c1-73(2,3)47-24-20-45(21-25-47)56(46-22-26-48(27-23-46)74(4,5)6)37-44-19-33-52-57-40-58-54-34-35-55-59-42-68-60(53-17-15-16-18-67(53)82-68)41-64(59)79-70(55)69(54)78(72-71(79)61-39-50(76(10,11)12)30-36-66(61)81-72)80(51-31-28-49(29-32-51)75(7,8)9)65(58)43-63(57)77(13,14)62(52)38-44/h15-36,38-43,56H,37H2,1-14H3. The van der Waals surface area contributed by atoms with Gasteiger partial charge in [-0.2, -0.15) is 0 Å². The summed E-state index contributed by atoms with van der Waals surface area (Å²) in [6.45, 7) is 32.4. The van der Waals surface area contributed by atoms with E-state index >= 15 is 0 Å². The van der Waals surface area contributed by atoms with Gasteiger partial charge in [-0.05, 0) is 155 Å². The molecule has 5 heterocycles. The largest absolute Gasteiger partial charge is 0.466 e. The minimum atomic E-state index is -0.274. The van der Waals surface area contributed by atoms with Crippen LogP contribution in [0.25, 0.3) is 80.9 Å². The highest BCUT2D eigenvalue weighted by molar-refractivity contribution is 7.25. The number of benzene rings is 9. The van der Waals surface area contributed by atoms with Crippen molar-refractivity contribution < 1.29 is 4.42 Å². The summed E-state index contributed by atoms with van der Waals surface area (Å²) in [5.74, 6) is 0.202. The Morgan fingerprint density at radius 3 is 1.73 bits per heavy atom. The second kappa shape index (κ2) is 17.2. The molecule has 0 saturated carbocycles. The molecule has 0 amide bonds. The predicted octanol–water partition coefficient (Wildman–Crippen LogP) is 20.0. The van der Waals surface area contributed by atoms with Crippen molar-refractivity contribution in [2.24, 2.45) is 0 Å². The molecule has 0 spiro atoms. The predicted molar refractivity (Wildman–Crippen MR) is 353 cm³/mol. The smallest absolute Gasteiger partial charge is 0.375 e. The first-order valence-corrected chi connectivity index (χ1v) is 30.7. The van der Waals surface area contributed by atoms with E-state index < -0.39 is 0 Å². The van der Waals surface area contributed by atoms with Crippen LogP contribution in [0.2, 0.25) is 0 Å². The van der Waals surface area contributed by atoms with Crippen molar-refractivity contribution in [2.75, 3.05) is 4.81 Å². The molecule has 3 nitrogen and oxygen atoms in total. The fourth-order valence-electron chi connectivity index (χ4n) is 14.5. The van der Waals surface area contributed by atoms with E-state index in [0.29, 0.717) is 0 Å². The molecule has 3 aromatic heterocycles. The van der Waals surface area contributed by atoms with Gasteiger partial charge in [0, 0.05) is 64.6 Å². The summed E-state index contributed by atoms with van der Waals surface area (Å²) in [5.41, 5.74) is 26.5. The summed E-state index contributed by atoms with van der Waals surface area (Å²) in [4.78, 5) is 2.66. The third kappa shape index (κ3) is 7.60. The third-order valence-electron chi connectivity index (χ3n) is 19.2. The highest BCUT2D eigenvalue weighted by Gasteiger charge is 2.49. The number of furan rings is 1. The molecule has 0 fully saturated rings. The lowest BCUT2D eigenvalue weighted by Gasteiger charge is -2.41. The Balaban J connectivity index is 0.950. The monoisotopic (exact) mass is 1080 g/mol. The van der Waals surface area contributed by atoms with E-state index in [-0.39, 0.29) is 39.8 Å². The number of fused-ring (bicyclic) bond motifs is 16. The first-order chi connectivity index (χ1) is 38.9. The van der Waals surface area contributed by atoms with Gasteiger partial charge in [-0.15, -0.1) is 11.3 Å². The molecule has 3 aliphatic rings. The van der Waals surface area contributed by atoms with Crippen molar-refractivity contribution in [1.29, 1.82) is 0 Å². The van der Waals surface area contributed by atoms with Crippen LogP contribution < -0.4 is 15.9 Å². The van der Waals surface area contributed by atoms with Gasteiger partial charge in [0.15, 0.2) is 0 Å². The first-order valence-electron chi connectivity index (χ1n) is 29.8. The Labute approximate surface area is 488 Å². The molecule has 2 aliphatic heterocycles.